The number of ether oxygens (including phenoxy) is 2. The van der Waals surface area contributed by atoms with Crippen molar-refractivity contribution in [1.29, 1.82) is 0 Å². The topological polar surface area (TPSA) is 118 Å². The predicted molar refractivity (Wildman–Crippen MR) is 183 cm³/mol. The Labute approximate surface area is 273 Å². The van der Waals surface area contributed by atoms with E-state index in [0.717, 1.165) is 37.7 Å². The fourth-order valence-corrected chi connectivity index (χ4v) is 5.29. The van der Waals surface area contributed by atoms with Crippen LogP contribution in [0.4, 0.5) is 0 Å². The molecule has 1 aromatic heterocycles. The van der Waals surface area contributed by atoms with Gasteiger partial charge in [0.2, 0.25) is 0 Å². The molecule has 1 atom stereocenters. The molecule has 0 saturated carbocycles. The van der Waals surface area contributed by atoms with Gasteiger partial charge in [0.15, 0.2) is 23.8 Å². The van der Waals surface area contributed by atoms with E-state index in [1.165, 1.54) is 51.0 Å². The largest absolute Gasteiger partial charge is 0.507 e. The lowest BCUT2D eigenvalue weighted by molar-refractivity contribution is -0.0247. The molecular weight excluding hydrogens is 578 g/mol. The number of aliphatic hydroxyl groups is 1. The summed E-state index contributed by atoms with van der Waals surface area (Å²) in [7, 11) is 0. The third-order valence-electron chi connectivity index (χ3n) is 7.93. The average Bonchev–Trinajstić information content (AvgIpc) is 3.06. The highest BCUT2D eigenvalue weighted by atomic mass is 16.6. The van der Waals surface area contributed by atoms with Crippen LogP contribution in [-0.4, -0.2) is 43.2 Å². The van der Waals surface area contributed by atoms with Gasteiger partial charge in [0.05, 0.1) is 17.7 Å². The molecule has 3 aromatic carbocycles. The molecule has 0 amide bonds. The maximum atomic E-state index is 11.0. The molecule has 0 aliphatic rings. The van der Waals surface area contributed by atoms with E-state index >= 15 is 0 Å². The van der Waals surface area contributed by atoms with E-state index in [4.69, 9.17) is 9.47 Å². The second kappa shape index (κ2) is 18.7. The Bertz CT molecular complexity index is 1480. The standard InChI is InChI=1S/C38H49N3O5/c1-3-5-7-9-10-11-12-16-20-35(44)46-30-22-24-32(34(43)27-30)38-40-36(28-18-14-13-15-19-28)39-37(41-38)31-23-21-29(26-33(31)42)45-25-17-8-6-4-2/h13-15,18-19,21-24,26-27,35,42-44H,3-12,16-17,20,25H2,1-2H3. The predicted octanol–water partition coefficient (Wildman–Crippen LogP) is 9.47. The maximum Gasteiger partial charge on any atom is 0.197 e. The summed E-state index contributed by atoms with van der Waals surface area (Å²) in [6.07, 6.45) is 13.4. The molecule has 0 radical (unpaired) electrons. The summed E-state index contributed by atoms with van der Waals surface area (Å²) in [5.41, 5.74) is 1.56. The summed E-state index contributed by atoms with van der Waals surface area (Å²) < 4.78 is 11.5. The minimum Gasteiger partial charge on any atom is -0.507 e. The molecule has 0 spiro atoms. The van der Waals surface area contributed by atoms with Crippen molar-refractivity contribution in [1.82, 2.24) is 15.0 Å². The third kappa shape index (κ3) is 10.7. The molecule has 4 aromatic rings. The molecule has 3 N–H and O–H groups in total. The number of unbranched alkanes of at least 4 members (excludes halogenated alkanes) is 10. The van der Waals surface area contributed by atoms with Crippen LogP contribution in [0.25, 0.3) is 34.2 Å². The first-order valence-electron chi connectivity index (χ1n) is 16.9. The summed E-state index contributed by atoms with van der Waals surface area (Å²) in [4.78, 5) is 14.0. The minimum atomic E-state index is -0.954. The molecule has 0 aliphatic heterocycles. The molecule has 1 unspecified atom stereocenters. The van der Waals surface area contributed by atoms with Gasteiger partial charge in [0, 0.05) is 24.1 Å². The number of aromatic hydroxyl groups is 2. The molecule has 1 heterocycles. The van der Waals surface area contributed by atoms with Gasteiger partial charge in [-0.3, -0.25) is 0 Å². The van der Waals surface area contributed by atoms with E-state index in [1.54, 1.807) is 30.3 Å². The summed E-state index contributed by atoms with van der Waals surface area (Å²) >= 11 is 0. The zero-order valence-electron chi connectivity index (χ0n) is 27.3. The van der Waals surface area contributed by atoms with Crippen LogP contribution < -0.4 is 9.47 Å². The van der Waals surface area contributed by atoms with Crippen molar-refractivity contribution in [3.05, 3.63) is 66.7 Å². The number of hydrogen-bond donors (Lipinski definition) is 3. The van der Waals surface area contributed by atoms with E-state index in [-0.39, 0.29) is 23.1 Å². The zero-order chi connectivity index (χ0) is 32.6. The normalized spacial score (nSPS) is 11.8. The van der Waals surface area contributed by atoms with Crippen LogP contribution in [0.15, 0.2) is 66.7 Å². The van der Waals surface area contributed by atoms with Gasteiger partial charge in [-0.25, -0.2) is 15.0 Å². The summed E-state index contributed by atoms with van der Waals surface area (Å²) in [6, 6.07) is 19.4. The molecule has 0 aliphatic carbocycles. The molecule has 46 heavy (non-hydrogen) atoms. The lowest BCUT2D eigenvalue weighted by atomic mass is 10.1. The monoisotopic (exact) mass is 627 g/mol. The van der Waals surface area contributed by atoms with E-state index < -0.39 is 6.29 Å². The van der Waals surface area contributed by atoms with Crippen LogP contribution in [0.5, 0.6) is 23.0 Å². The number of hydrogen-bond acceptors (Lipinski definition) is 8. The zero-order valence-corrected chi connectivity index (χ0v) is 27.3. The maximum absolute atomic E-state index is 11.0. The van der Waals surface area contributed by atoms with E-state index in [2.05, 4.69) is 28.8 Å². The molecule has 0 fully saturated rings. The summed E-state index contributed by atoms with van der Waals surface area (Å²) in [5.74, 6) is 1.72. The Balaban J connectivity index is 1.48. The fraction of sp³-hybridized carbons (Fsp3) is 0.447. The molecule has 246 valence electrons. The Morgan fingerprint density at radius 1 is 0.587 bits per heavy atom. The molecule has 0 bridgehead atoms. The number of rotatable bonds is 20. The van der Waals surface area contributed by atoms with Crippen molar-refractivity contribution >= 4 is 0 Å². The first-order valence-corrected chi connectivity index (χ1v) is 16.9. The highest BCUT2D eigenvalue weighted by Gasteiger charge is 2.18. The number of nitrogens with zero attached hydrogens (tertiary/aromatic N) is 3. The third-order valence-corrected chi connectivity index (χ3v) is 7.93. The number of aliphatic hydroxyl groups excluding tert-OH is 1. The van der Waals surface area contributed by atoms with Crippen molar-refractivity contribution in [2.24, 2.45) is 0 Å². The number of phenols is 2. The van der Waals surface area contributed by atoms with Gasteiger partial charge >= 0.3 is 0 Å². The smallest absolute Gasteiger partial charge is 0.197 e. The Morgan fingerprint density at radius 2 is 1.11 bits per heavy atom. The van der Waals surface area contributed by atoms with E-state index in [1.807, 2.05) is 30.3 Å². The van der Waals surface area contributed by atoms with E-state index in [0.29, 0.717) is 41.5 Å². The number of aromatic nitrogens is 3. The highest BCUT2D eigenvalue weighted by Crippen LogP contribution is 2.36. The van der Waals surface area contributed by atoms with Gasteiger partial charge in [-0.2, -0.15) is 0 Å². The molecular formula is C38H49N3O5. The number of phenolic OH excluding ortho intramolecular Hbond substituents is 2. The SMILES string of the molecule is CCCCCCCCCCC(O)Oc1ccc(-c2nc(-c3ccccc3)nc(-c3ccc(OCCCCCC)cc3O)n2)c(O)c1. The van der Waals surface area contributed by atoms with Crippen LogP contribution >= 0.6 is 0 Å². The van der Waals surface area contributed by atoms with Crippen molar-refractivity contribution in [3.8, 4) is 57.2 Å². The van der Waals surface area contributed by atoms with Gasteiger partial charge in [0.25, 0.3) is 0 Å². The fourth-order valence-electron chi connectivity index (χ4n) is 5.29. The summed E-state index contributed by atoms with van der Waals surface area (Å²) in [6.45, 7) is 4.98. The van der Waals surface area contributed by atoms with E-state index in [9.17, 15) is 15.3 Å². The Morgan fingerprint density at radius 3 is 1.72 bits per heavy atom. The summed E-state index contributed by atoms with van der Waals surface area (Å²) in [5, 5.41) is 32.4. The van der Waals surface area contributed by atoms with Crippen LogP contribution in [0.3, 0.4) is 0 Å². The van der Waals surface area contributed by atoms with Crippen molar-refractivity contribution in [2.45, 2.75) is 104 Å². The average molecular weight is 628 g/mol. The molecule has 4 rings (SSSR count). The van der Waals surface area contributed by atoms with Crippen LogP contribution in [-0.2, 0) is 0 Å². The van der Waals surface area contributed by atoms with Crippen molar-refractivity contribution < 1.29 is 24.8 Å². The second-order valence-electron chi connectivity index (χ2n) is 11.8. The van der Waals surface area contributed by atoms with Gasteiger partial charge in [-0.05, 0) is 37.1 Å². The second-order valence-corrected chi connectivity index (χ2v) is 11.8. The molecule has 8 heteroatoms. The molecule has 0 saturated heterocycles. The lowest BCUT2D eigenvalue weighted by Crippen LogP contribution is -2.15. The first kappa shape index (κ1) is 34.7. The van der Waals surface area contributed by atoms with Gasteiger partial charge < -0.3 is 24.8 Å². The first-order chi connectivity index (χ1) is 22.5. The minimum absolute atomic E-state index is 0.0133. The van der Waals surface area contributed by atoms with Crippen molar-refractivity contribution in [3.63, 3.8) is 0 Å². The number of benzene rings is 3. The van der Waals surface area contributed by atoms with Crippen LogP contribution in [0.1, 0.15) is 97.3 Å². The van der Waals surface area contributed by atoms with Crippen LogP contribution in [0.2, 0.25) is 0 Å². The Hall–Kier alpha value is -4.17. The quantitative estimate of drug-likeness (QED) is 0.0655. The van der Waals surface area contributed by atoms with Gasteiger partial charge in [-0.15, -0.1) is 0 Å². The van der Waals surface area contributed by atoms with Gasteiger partial charge in [-0.1, -0.05) is 108 Å². The Kier molecular flexibility index (Phi) is 14.1. The highest BCUT2D eigenvalue weighted by molar-refractivity contribution is 5.72. The molecule has 8 nitrogen and oxygen atoms in total. The van der Waals surface area contributed by atoms with Crippen molar-refractivity contribution in [2.75, 3.05) is 6.61 Å². The van der Waals surface area contributed by atoms with Gasteiger partial charge in [0.1, 0.15) is 23.0 Å². The van der Waals surface area contributed by atoms with Crippen LogP contribution in [0, 0.1) is 0 Å². The lowest BCUT2D eigenvalue weighted by Gasteiger charge is -2.15.